The molecule has 18 heavy (non-hydrogen) atoms. The Balaban J connectivity index is 1.98. The van der Waals surface area contributed by atoms with E-state index in [0.29, 0.717) is 12.1 Å². The van der Waals surface area contributed by atoms with Crippen molar-refractivity contribution in [2.45, 2.75) is 37.6 Å². The fraction of sp³-hybridized carbons (Fsp3) is 0.500. The summed E-state index contributed by atoms with van der Waals surface area (Å²) >= 11 is 0. The van der Waals surface area contributed by atoms with Crippen molar-refractivity contribution < 1.29 is 9.90 Å². The van der Waals surface area contributed by atoms with Crippen molar-refractivity contribution in [3.05, 3.63) is 29.8 Å². The molecule has 4 heteroatoms. The minimum atomic E-state index is -0.221. The first-order chi connectivity index (χ1) is 8.65. The van der Waals surface area contributed by atoms with Crippen LogP contribution in [0.25, 0.3) is 0 Å². The van der Waals surface area contributed by atoms with E-state index < -0.39 is 0 Å². The van der Waals surface area contributed by atoms with Gasteiger partial charge in [0.25, 0.3) is 0 Å². The lowest BCUT2D eigenvalue weighted by molar-refractivity contribution is -0.122. The van der Waals surface area contributed by atoms with Gasteiger partial charge in [-0.25, -0.2) is 0 Å². The van der Waals surface area contributed by atoms with Crippen LogP contribution >= 0.6 is 0 Å². The second-order valence-electron chi connectivity index (χ2n) is 5.05. The molecule has 0 aromatic heterocycles. The number of nitrogens with one attached hydrogen (secondary N) is 1. The average Bonchev–Trinajstić information content (AvgIpc) is 2.81. The zero-order valence-corrected chi connectivity index (χ0v) is 10.5. The first-order valence-electron chi connectivity index (χ1n) is 6.43. The smallest absolute Gasteiger partial charge is 0.225 e. The van der Waals surface area contributed by atoms with Crippen LogP contribution in [0.5, 0.6) is 5.75 Å². The van der Waals surface area contributed by atoms with Gasteiger partial charge in [-0.3, -0.25) is 4.79 Å². The van der Waals surface area contributed by atoms with Crippen molar-refractivity contribution in [3.8, 4) is 5.75 Å². The van der Waals surface area contributed by atoms with Gasteiger partial charge in [0.1, 0.15) is 5.75 Å². The largest absolute Gasteiger partial charge is 0.508 e. The van der Waals surface area contributed by atoms with Crippen LogP contribution in [0.1, 0.15) is 31.2 Å². The number of carbonyl (C=O) groups excluding carboxylic acids is 1. The van der Waals surface area contributed by atoms with Gasteiger partial charge < -0.3 is 16.2 Å². The van der Waals surface area contributed by atoms with Gasteiger partial charge in [0.15, 0.2) is 0 Å². The van der Waals surface area contributed by atoms with E-state index in [0.717, 1.165) is 25.7 Å². The number of hydrogen-bond donors (Lipinski definition) is 3. The van der Waals surface area contributed by atoms with Crippen molar-refractivity contribution in [1.82, 2.24) is 5.32 Å². The summed E-state index contributed by atoms with van der Waals surface area (Å²) in [7, 11) is 0. The molecule has 1 fully saturated rings. The highest BCUT2D eigenvalue weighted by molar-refractivity contribution is 5.80. The van der Waals surface area contributed by atoms with Gasteiger partial charge in [0.2, 0.25) is 5.91 Å². The molecule has 0 aliphatic heterocycles. The van der Waals surface area contributed by atoms with Crippen LogP contribution in [0.2, 0.25) is 0 Å². The van der Waals surface area contributed by atoms with Gasteiger partial charge in [-0.1, -0.05) is 31.0 Å². The lowest BCUT2D eigenvalue weighted by Gasteiger charge is -2.28. The first-order valence-corrected chi connectivity index (χ1v) is 6.43. The highest BCUT2D eigenvalue weighted by atomic mass is 16.3. The van der Waals surface area contributed by atoms with E-state index in [1.54, 1.807) is 18.2 Å². The fourth-order valence-corrected chi connectivity index (χ4v) is 2.61. The number of benzene rings is 1. The summed E-state index contributed by atoms with van der Waals surface area (Å²) in [5.74, 6) is 0.102. The monoisotopic (exact) mass is 248 g/mol. The predicted molar refractivity (Wildman–Crippen MR) is 70.2 cm³/mol. The Morgan fingerprint density at radius 2 is 2.00 bits per heavy atom. The van der Waals surface area contributed by atoms with E-state index in [4.69, 9.17) is 5.73 Å². The maximum absolute atomic E-state index is 12.0. The maximum Gasteiger partial charge on any atom is 0.225 e. The number of phenols is 1. The number of para-hydroxylation sites is 1. The second-order valence-corrected chi connectivity index (χ2v) is 5.05. The third kappa shape index (κ3) is 2.82. The molecular formula is C14H20N2O2. The molecule has 0 saturated heterocycles. The Bertz CT molecular complexity index is 426. The van der Waals surface area contributed by atoms with Crippen molar-refractivity contribution in [1.29, 1.82) is 0 Å². The Labute approximate surface area is 107 Å². The van der Waals surface area contributed by atoms with Gasteiger partial charge in [-0.05, 0) is 18.9 Å². The molecule has 4 nitrogen and oxygen atoms in total. The summed E-state index contributed by atoms with van der Waals surface area (Å²) in [6.45, 7) is 0.486. The van der Waals surface area contributed by atoms with E-state index in [2.05, 4.69) is 5.32 Å². The van der Waals surface area contributed by atoms with Crippen LogP contribution in [0.4, 0.5) is 0 Å². The molecule has 0 atom stereocenters. The SMILES string of the molecule is NCC1(NC(=O)Cc2ccccc2O)CCCC1. The number of hydrogen-bond acceptors (Lipinski definition) is 3. The Kier molecular flexibility index (Phi) is 3.87. The maximum atomic E-state index is 12.0. The molecule has 4 N–H and O–H groups in total. The molecule has 1 aliphatic rings. The van der Waals surface area contributed by atoms with Gasteiger partial charge in [-0.2, -0.15) is 0 Å². The molecule has 0 bridgehead atoms. The Morgan fingerprint density at radius 3 is 2.61 bits per heavy atom. The summed E-state index contributed by atoms with van der Waals surface area (Å²) in [4.78, 5) is 12.0. The number of carbonyl (C=O) groups is 1. The molecule has 1 aromatic carbocycles. The molecule has 0 radical (unpaired) electrons. The summed E-state index contributed by atoms with van der Waals surface area (Å²) in [6.07, 6.45) is 4.35. The van der Waals surface area contributed by atoms with E-state index >= 15 is 0 Å². The molecule has 1 amide bonds. The van der Waals surface area contributed by atoms with Gasteiger partial charge in [0.05, 0.1) is 12.0 Å². The molecule has 0 spiro atoms. The van der Waals surface area contributed by atoms with E-state index in [1.807, 2.05) is 6.07 Å². The van der Waals surface area contributed by atoms with Crippen LogP contribution in [0.15, 0.2) is 24.3 Å². The standard InChI is InChI=1S/C14H20N2O2/c15-10-14(7-3-4-8-14)16-13(18)9-11-5-1-2-6-12(11)17/h1-2,5-6,17H,3-4,7-10,15H2,(H,16,18). The molecular weight excluding hydrogens is 228 g/mol. The summed E-state index contributed by atoms with van der Waals surface area (Å²) in [5, 5.41) is 12.7. The fourth-order valence-electron chi connectivity index (χ4n) is 2.61. The molecule has 2 rings (SSSR count). The average molecular weight is 248 g/mol. The minimum Gasteiger partial charge on any atom is -0.508 e. The molecule has 1 aromatic rings. The summed E-state index contributed by atoms with van der Waals surface area (Å²) < 4.78 is 0. The van der Waals surface area contributed by atoms with Crippen molar-refractivity contribution in [2.75, 3.05) is 6.54 Å². The topological polar surface area (TPSA) is 75.3 Å². The summed E-state index contributed by atoms with van der Waals surface area (Å²) in [5.41, 5.74) is 6.21. The highest BCUT2D eigenvalue weighted by Gasteiger charge is 2.33. The van der Waals surface area contributed by atoms with E-state index in [-0.39, 0.29) is 23.6 Å². The number of amides is 1. The van der Waals surface area contributed by atoms with Crippen LogP contribution in [0.3, 0.4) is 0 Å². The Hall–Kier alpha value is -1.55. The number of nitrogens with two attached hydrogens (primary N) is 1. The first kappa shape index (κ1) is 12.9. The quantitative estimate of drug-likeness (QED) is 0.752. The zero-order valence-electron chi connectivity index (χ0n) is 10.5. The third-order valence-electron chi connectivity index (χ3n) is 3.70. The van der Waals surface area contributed by atoms with Crippen LogP contribution < -0.4 is 11.1 Å². The number of aromatic hydroxyl groups is 1. The summed E-state index contributed by atoms with van der Waals surface area (Å²) in [6, 6.07) is 6.92. The van der Waals surface area contributed by atoms with Crippen LogP contribution in [-0.4, -0.2) is 23.1 Å². The van der Waals surface area contributed by atoms with Gasteiger partial charge in [0, 0.05) is 12.1 Å². The number of phenolic OH excluding ortho intramolecular Hbond substituents is 1. The predicted octanol–water partition coefficient (Wildman–Crippen LogP) is 1.32. The van der Waals surface area contributed by atoms with Crippen molar-refractivity contribution >= 4 is 5.91 Å². The second kappa shape index (κ2) is 5.40. The van der Waals surface area contributed by atoms with Gasteiger partial charge >= 0.3 is 0 Å². The number of rotatable bonds is 4. The van der Waals surface area contributed by atoms with E-state index in [9.17, 15) is 9.90 Å². The van der Waals surface area contributed by atoms with Gasteiger partial charge in [-0.15, -0.1) is 0 Å². The van der Waals surface area contributed by atoms with E-state index in [1.165, 1.54) is 0 Å². The lowest BCUT2D eigenvalue weighted by Crippen LogP contribution is -2.52. The Morgan fingerprint density at radius 1 is 1.33 bits per heavy atom. The van der Waals surface area contributed by atoms with Crippen molar-refractivity contribution in [3.63, 3.8) is 0 Å². The highest BCUT2D eigenvalue weighted by Crippen LogP contribution is 2.28. The molecule has 1 saturated carbocycles. The third-order valence-corrected chi connectivity index (χ3v) is 3.70. The molecule has 0 heterocycles. The lowest BCUT2D eigenvalue weighted by atomic mass is 9.97. The zero-order chi connectivity index (χ0) is 13.0. The van der Waals surface area contributed by atoms with Crippen LogP contribution in [0, 0.1) is 0 Å². The van der Waals surface area contributed by atoms with Crippen molar-refractivity contribution in [2.24, 2.45) is 5.73 Å². The molecule has 98 valence electrons. The van der Waals surface area contributed by atoms with Crippen LogP contribution in [-0.2, 0) is 11.2 Å². The molecule has 1 aliphatic carbocycles. The molecule has 0 unspecified atom stereocenters. The normalized spacial score (nSPS) is 17.6. The minimum absolute atomic E-state index is 0.0659.